The fraction of sp³-hybridized carbons (Fsp3) is 0. The lowest BCUT2D eigenvalue weighted by atomic mass is 9.88. The summed E-state index contributed by atoms with van der Waals surface area (Å²) < 4.78 is 19.3. The monoisotopic (exact) mass is 340 g/mol. The largest absolute Gasteiger partial charge is 0.464 e. The molecule has 0 unspecified atom stereocenters. The summed E-state index contributed by atoms with van der Waals surface area (Å²) in [6, 6.07) is 30.7. The summed E-state index contributed by atoms with van der Waals surface area (Å²) >= 11 is 0. The zero-order valence-corrected chi connectivity index (χ0v) is 14.1. The maximum absolute atomic E-state index is 13.5. The number of benzene rings is 3. The van der Waals surface area contributed by atoms with Gasteiger partial charge in [-0.05, 0) is 41.0 Å². The van der Waals surface area contributed by atoms with Gasteiger partial charge in [-0.1, -0.05) is 72.8 Å². The molecule has 0 radical (unpaired) electrons. The molecule has 0 bridgehead atoms. The van der Waals surface area contributed by atoms with E-state index in [0.717, 1.165) is 33.6 Å². The van der Waals surface area contributed by atoms with Gasteiger partial charge < -0.3 is 4.42 Å². The lowest BCUT2D eigenvalue weighted by Gasteiger charge is -2.16. The summed E-state index contributed by atoms with van der Waals surface area (Å²) in [7, 11) is 0. The second kappa shape index (κ2) is 7.24. The number of furan rings is 1. The van der Waals surface area contributed by atoms with E-state index in [4.69, 9.17) is 4.42 Å². The Morgan fingerprint density at radius 2 is 1.08 bits per heavy atom. The van der Waals surface area contributed by atoms with Crippen LogP contribution in [0.1, 0.15) is 22.5 Å². The van der Waals surface area contributed by atoms with E-state index in [0.29, 0.717) is 0 Å². The van der Waals surface area contributed by atoms with Crippen LogP contribution >= 0.6 is 0 Å². The van der Waals surface area contributed by atoms with E-state index < -0.39 is 0 Å². The van der Waals surface area contributed by atoms with Crippen LogP contribution in [0.15, 0.2) is 108 Å². The molecule has 26 heavy (non-hydrogen) atoms. The van der Waals surface area contributed by atoms with Crippen LogP contribution in [-0.4, -0.2) is 0 Å². The SMILES string of the molecule is Fc1ccc(C(=C(c2ccccc2)c2ccccc2)c2ccco2)cc1. The van der Waals surface area contributed by atoms with Crippen LogP contribution in [0.3, 0.4) is 0 Å². The molecule has 1 nitrogen and oxygen atoms in total. The minimum atomic E-state index is -0.256. The van der Waals surface area contributed by atoms with Crippen LogP contribution in [0.5, 0.6) is 0 Å². The Morgan fingerprint density at radius 3 is 1.58 bits per heavy atom. The first-order valence-corrected chi connectivity index (χ1v) is 8.48. The Kier molecular flexibility index (Phi) is 4.48. The van der Waals surface area contributed by atoms with Gasteiger partial charge in [-0.15, -0.1) is 0 Å². The zero-order chi connectivity index (χ0) is 17.8. The minimum absolute atomic E-state index is 0.256. The van der Waals surface area contributed by atoms with Crippen molar-refractivity contribution in [3.8, 4) is 0 Å². The summed E-state index contributed by atoms with van der Waals surface area (Å²) in [5.41, 5.74) is 5.05. The van der Waals surface area contributed by atoms with Crippen molar-refractivity contribution in [3.63, 3.8) is 0 Å². The van der Waals surface area contributed by atoms with Crippen LogP contribution < -0.4 is 0 Å². The Bertz CT molecular complexity index is 958. The van der Waals surface area contributed by atoms with Gasteiger partial charge in [0.1, 0.15) is 11.6 Å². The Morgan fingerprint density at radius 1 is 0.538 bits per heavy atom. The molecule has 1 heterocycles. The van der Waals surface area contributed by atoms with Crippen molar-refractivity contribution in [2.45, 2.75) is 0 Å². The highest BCUT2D eigenvalue weighted by atomic mass is 19.1. The molecule has 2 heteroatoms. The number of hydrogen-bond acceptors (Lipinski definition) is 1. The van der Waals surface area contributed by atoms with E-state index >= 15 is 0 Å². The summed E-state index contributed by atoms with van der Waals surface area (Å²) in [5.74, 6) is 0.493. The molecule has 0 fully saturated rings. The second-order valence-corrected chi connectivity index (χ2v) is 5.97. The summed E-state index contributed by atoms with van der Waals surface area (Å²) in [6.45, 7) is 0. The third kappa shape index (κ3) is 3.22. The molecule has 0 amide bonds. The first-order chi connectivity index (χ1) is 12.8. The Labute approximate surface area is 152 Å². The van der Waals surface area contributed by atoms with E-state index in [2.05, 4.69) is 24.3 Å². The number of hydrogen-bond donors (Lipinski definition) is 0. The van der Waals surface area contributed by atoms with Crippen molar-refractivity contribution in [1.82, 2.24) is 0 Å². The second-order valence-electron chi connectivity index (χ2n) is 5.97. The van der Waals surface area contributed by atoms with Crippen molar-refractivity contribution in [1.29, 1.82) is 0 Å². The molecule has 0 saturated heterocycles. The van der Waals surface area contributed by atoms with E-state index in [1.807, 2.05) is 48.5 Å². The summed E-state index contributed by atoms with van der Waals surface area (Å²) in [6.07, 6.45) is 1.66. The highest BCUT2D eigenvalue weighted by molar-refractivity contribution is 6.03. The molecular formula is C24H17FO. The molecule has 0 aliphatic carbocycles. The fourth-order valence-corrected chi connectivity index (χ4v) is 3.11. The predicted molar refractivity (Wildman–Crippen MR) is 103 cm³/mol. The Balaban J connectivity index is 2.07. The summed E-state index contributed by atoms with van der Waals surface area (Å²) in [4.78, 5) is 0. The molecule has 3 aromatic carbocycles. The first-order valence-electron chi connectivity index (χ1n) is 8.48. The molecule has 0 N–H and O–H groups in total. The molecule has 4 aromatic rings. The minimum Gasteiger partial charge on any atom is -0.464 e. The lowest BCUT2D eigenvalue weighted by molar-refractivity contribution is 0.554. The quantitative estimate of drug-likeness (QED) is 0.390. The van der Waals surface area contributed by atoms with Crippen molar-refractivity contribution in [2.24, 2.45) is 0 Å². The maximum Gasteiger partial charge on any atom is 0.135 e. The normalized spacial score (nSPS) is 10.5. The fourth-order valence-electron chi connectivity index (χ4n) is 3.11. The van der Waals surface area contributed by atoms with Crippen molar-refractivity contribution in [2.75, 3.05) is 0 Å². The molecular weight excluding hydrogens is 323 g/mol. The highest BCUT2D eigenvalue weighted by Crippen LogP contribution is 2.36. The van der Waals surface area contributed by atoms with Gasteiger partial charge in [0.2, 0.25) is 0 Å². The molecule has 1 aromatic heterocycles. The van der Waals surface area contributed by atoms with Gasteiger partial charge in [0.25, 0.3) is 0 Å². The Hall–Kier alpha value is -3.39. The smallest absolute Gasteiger partial charge is 0.135 e. The summed E-state index contributed by atoms with van der Waals surface area (Å²) in [5, 5.41) is 0. The molecule has 0 spiro atoms. The average molecular weight is 340 g/mol. The molecule has 0 aliphatic heterocycles. The first kappa shape index (κ1) is 16.1. The molecule has 0 saturated carbocycles. The van der Waals surface area contributed by atoms with Gasteiger partial charge in [-0.2, -0.15) is 0 Å². The number of halogens is 1. The van der Waals surface area contributed by atoms with Gasteiger partial charge >= 0.3 is 0 Å². The highest BCUT2D eigenvalue weighted by Gasteiger charge is 2.17. The standard InChI is InChI=1S/C24H17FO/c25-21-15-13-20(14-16-21)24(22-12-7-17-26-22)23(18-8-3-1-4-9-18)19-10-5-2-6-11-19/h1-17H. The number of rotatable bonds is 4. The van der Waals surface area contributed by atoms with E-state index in [1.54, 1.807) is 18.4 Å². The molecule has 4 rings (SSSR count). The molecule has 126 valence electrons. The van der Waals surface area contributed by atoms with E-state index in [9.17, 15) is 4.39 Å². The van der Waals surface area contributed by atoms with E-state index in [1.165, 1.54) is 12.1 Å². The van der Waals surface area contributed by atoms with Crippen LogP contribution in [-0.2, 0) is 0 Å². The third-order valence-corrected chi connectivity index (χ3v) is 4.28. The van der Waals surface area contributed by atoms with E-state index in [-0.39, 0.29) is 5.82 Å². The van der Waals surface area contributed by atoms with Gasteiger partial charge in [0, 0.05) is 11.1 Å². The lowest BCUT2D eigenvalue weighted by Crippen LogP contribution is -1.96. The van der Waals surface area contributed by atoms with Crippen LogP contribution in [0.25, 0.3) is 11.1 Å². The third-order valence-electron chi connectivity index (χ3n) is 4.28. The van der Waals surface area contributed by atoms with Crippen molar-refractivity contribution >= 4 is 11.1 Å². The van der Waals surface area contributed by atoms with Gasteiger partial charge in [-0.3, -0.25) is 0 Å². The molecule has 0 atom stereocenters. The van der Waals surface area contributed by atoms with Crippen LogP contribution in [0.2, 0.25) is 0 Å². The van der Waals surface area contributed by atoms with Gasteiger partial charge in [-0.25, -0.2) is 4.39 Å². The van der Waals surface area contributed by atoms with Crippen LogP contribution in [0.4, 0.5) is 4.39 Å². The van der Waals surface area contributed by atoms with Gasteiger partial charge in [0.15, 0.2) is 0 Å². The van der Waals surface area contributed by atoms with Crippen LogP contribution in [0, 0.1) is 5.82 Å². The zero-order valence-electron chi connectivity index (χ0n) is 14.1. The van der Waals surface area contributed by atoms with Gasteiger partial charge in [0.05, 0.1) is 6.26 Å². The average Bonchev–Trinajstić information content (AvgIpc) is 3.22. The predicted octanol–water partition coefficient (Wildman–Crippen LogP) is 6.43. The topological polar surface area (TPSA) is 13.1 Å². The van der Waals surface area contributed by atoms with Crippen molar-refractivity contribution in [3.05, 3.63) is 132 Å². The maximum atomic E-state index is 13.5. The molecule has 0 aliphatic rings. The van der Waals surface area contributed by atoms with Crippen molar-refractivity contribution < 1.29 is 8.81 Å².